The Labute approximate surface area is 112 Å². The van der Waals surface area contributed by atoms with E-state index in [1.165, 1.54) is 14.2 Å². The van der Waals surface area contributed by atoms with Gasteiger partial charge >= 0.3 is 0 Å². The fourth-order valence-corrected chi connectivity index (χ4v) is 1.33. The lowest BCUT2D eigenvalue weighted by Gasteiger charge is -2.08. The molecule has 0 atom stereocenters. The maximum atomic E-state index is 11.4. The molecule has 0 spiro atoms. The third-order valence-electron chi connectivity index (χ3n) is 2.30. The van der Waals surface area contributed by atoms with Gasteiger partial charge in [0.05, 0.1) is 20.3 Å². The van der Waals surface area contributed by atoms with Gasteiger partial charge in [-0.25, -0.2) is 0 Å². The summed E-state index contributed by atoms with van der Waals surface area (Å²) >= 11 is 0. The van der Waals surface area contributed by atoms with Gasteiger partial charge in [0.2, 0.25) is 23.6 Å². The molecule has 1 aromatic heterocycles. The van der Waals surface area contributed by atoms with Gasteiger partial charge in [0.15, 0.2) is 0 Å². The molecule has 7 nitrogen and oxygen atoms in total. The molecular weight excluding hydrogens is 248 g/mol. The van der Waals surface area contributed by atoms with E-state index in [0.717, 1.165) is 6.42 Å². The second kappa shape index (κ2) is 8.12. The van der Waals surface area contributed by atoms with Gasteiger partial charge in [-0.05, 0) is 6.42 Å². The van der Waals surface area contributed by atoms with Crippen LogP contribution >= 0.6 is 0 Å². The molecule has 0 bridgehead atoms. The molecule has 1 rings (SSSR count). The summed E-state index contributed by atoms with van der Waals surface area (Å²) in [5.74, 6) is 1.19. The lowest BCUT2D eigenvalue weighted by atomic mass is 10.4. The van der Waals surface area contributed by atoms with E-state index in [2.05, 4.69) is 20.6 Å². The first-order valence-electron chi connectivity index (χ1n) is 6.17. The molecule has 0 aliphatic rings. The summed E-state index contributed by atoms with van der Waals surface area (Å²) in [7, 11) is 3.04. The summed E-state index contributed by atoms with van der Waals surface area (Å²) in [5, 5.41) is 5.75. The van der Waals surface area contributed by atoms with Crippen molar-refractivity contribution in [3.8, 4) is 11.8 Å². The molecular formula is C12H20N4O3. The quantitative estimate of drug-likeness (QED) is 0.726. The van der Waals surface area contributed by atoms with Crippen molar-refractivity contribution in [3.05, 3.63) is 6.07 Å². The van der Waals surface area contributed by atoms with Gasteiger partial charge in [0, 0.05) is 19.5 Å². The number of carbonyl (C=O) groups excluding carboxylic acids is 1. The monoisotopic (exact) mass is 268 g/mol. The van der Waals surface area contributed by atoms with Crippen molar-refractivity contribution in [2.45, 2.75) is 19.8 Å². The highest BCUT2D eigenvalue weighted by atomic mass is 16.5. The normalized spacial score (nSPS) is 9.84. The average Bonchev–Trinajstić information content (AvgIpc) is 2.44. The molecule has 1 heterocycles. The van der Waals surface area contributed by atoms with E-state index in [4.69, 9.17) is 9.47 Å². The molecule has 1 amide bonds. The second-order valence-corrected chi connectivity index (χ2v) is 3.80. The summed E-state index contributed by atoms with van der Waals surface area (Å²) in [6.07, 6.45) is 1.29. The molecule has 0 aromatic carbocycles. The number of hydrogen-bond acceptors (Lipinski definition) is 6. The van der Waals surface area contributed by atoms with Crippen molar-refractivity contribution < 1.29 is 14.3 Å². The van der Waals surface area contributed by atoms with E-state index < -0.39 is 0 Å². The van der Waals surface area contributed by atoms with Gasteiger partial charge in [0.25, 0.3) is 0 Å². The number of nitrogens with zero attached hydrogens (tertiary/aromatic N) is 2. The summed E-state index contributed by atoms with van der Waals surface area (Å²) in [5.41, 5.74) is 0. The molecule has 0 fully saturated rings. The Morgan fingerprint density at radius 1 is 1.21 bits per heavy atom. The first-order valence-corrected chi connectivity index (χ1v) is 6.17. The highest BCUT2D eigenvalue weighted by Gasteiger charge is 2.06. The molecule has 1 aromatic rings. The zero-order chi connectivity index (χ0) is 14.1. The SMILES string of the molecule is CCCNC(=O)CCNc1nc(OC)cc(OC)n1. The molecule has 0 unspecified atom stereocenters. The minimum atomic E-state index is 0.00390. The summed E-state index contributed by atoms with van der Waals surface area (Å²) in [6.45, 7) is 3.16. The largest absolute Gasteiger partial charge is 0.481 e. The van der Waals surface area contributed by atoms with Crippen molar-refractivity contribution in [1.82, 2.24) is 15.3 Å². The van der Waals surface area contributed by atoms with Crippen molar-refractivity contribution in [2.75, 3.05) is 32.6 Å². The Balaban J connectivity index is 2.46. The number of rotatable bonds is 8. The molecule has 19 heavy (non-hydrogen) atoms. The van der Waals surface area contributed by atoms with Crippen LogP contribution in [0.4, 0.5) is 5.95 Å². The van der Waals surface area contributed by atoms with Crippen LogP contribution in [-0.4, -0.2) is 43.2 Å². The Hall–Kier alpha value is -2.05. The van der Waals surface area contributed by atoms with Gasteiger partial charge < -0.3 is 20.1 Å². The van der Waals surface area contributed by atoms with Gasteiger partial charge in [-0.15, -0.1) is 0 Å². The maximum absolute atomic E-state index is 11.4. The van der Waals surface area contributed by atoms with E-state index in [1.54, 1.807) is 6.07 Å². The Kier molecular flexibility index (Phi) is 6.42. The minimum Gasteiger partial charge on any atom is -0.481 e. The molecule has 0 saturated heterocycles. The van der Waals surface area contributed by atoms with Crippen LogP contribution < -0.4 is 20.1 Å². The van der Waals surface area contributed by atoms with Gasteiger partial charge in [0.1, 0.15) is 0 Å². The molecule has 2 N–H and O–H groups in total. The average molecular weight is 268 g/mol. The Morgan fingerprint density at radius 2 is 1.84 bits per heavy atom. The van der Waals surface area contributed by atoms with E-state index in [1.807, 2.05) is 6.92 Å². The van der Waals surface area contributed by atoms with E-state index in [0.29, 0.717) is 37.2 Å². The number of carbonyl (C=O) groups is 1. The van der Waals surface area contributed by atoms with Gasteiger partial charge in [-0.2, -0.15) is 9.97 Å². The van der Waals surface area contributed by atoms with E-state index >= 15 is 0 Å². The van der Waals surface area contributed by atoms with Crippen molar-refractivity contribution >= 4 is 11.9 Å². The minimum absolute atomic E-state index is 0.00390. The van der Waals surface area contributed by atoms with Crippen molar-refractivity contribution in [2.24, 2.45) is 0 Å². The summed E-state index contributed by atoms with van der Waals surface area (Å²) in [6, 6.07) is 1.58. The summed E-state index contributed by atoms with van der Waals surface area (Å²) < 4.78 is 10.1. The third kappa shape index (κ3) is 5.41. The van der Waals surface area contributed by atoms with Crippen LogP contribution in [0.25, 0.3) is 0 Å². The second-order valence-electron chi connectivity index (χ2n) is 3.80. The zero-order valence-electron chi connectivity index (χ0n) is 11.5. The fourth-order valence-electron chi connectivity index (χ4n) is 1.33. The highest BCUT2D eigenvalue weighted by Crippen LogP contribution is 2.16. The predicted molar refractivity (Wildman–Crippen MR) is 71.5 cm³/mol. The van der Waals surface area contributed by atoms with Crippen molar-refractivity contribution in [3.63, 3.8) is 0 Å². The maximum Gasteiger partial charge on any atom is 0.229 e. The van der Waals surface area contributed by atoms with Gasteiger partial charge in [-0.1, -0.05) is 6.92 Å². The third-order valence-corrected chi connectivity index (χ3v) is 2.30. The summed E-state index contributed by atoms with van der Waals surface area (Å²) in [4.78, 5) is 19.6. The number of methoxy groups -OCH3 is 2. The van der Waals surface area contributed by atoms with E-state index in [-0.39, 0.29) is 5.91 Å². The van der Waals surface area contributed by atoms with Crippen LogP contribution in [0.1, 0.15) is 19.8 Å². The van der Waals surface area contributed by atoms with Crippen LogP contribution in [0.3, 0.4) is 0 Å². The number of aromatic nitrogens is 2. The molecule has 0 aliphatic carbocycles. The van der Waals surface area contributed by atoms with Crippen LogP contribution in [0.2, 0.25) is 0 Å². The molecule has 0 aliphatic heterocycles. The standard InChI is InChI=1S/C12H20N4O3/c1-4-6-13-9(17)5-7-14-12-15-10(18-2)8-11(16-12)19-3/h8H,4-7H2,1-3H3,(H,13,17)(H,14,15,16). The predicted octanol–water partition coefficient (Wildman–Crippen LogP) is 0.822. The first-order chi connectivity index (χ1) is 9.19. The fraction of sp³-hybridized carbons (Fsp3) is 0.583. The van der Waals surface area contributed by atoms with Crippen molar-refractivity contribution in [1.29, 1.82) is 0 Å². The Morgan fingerprint density at radius 3 is 2.37 bits per heavy atom. The Bertz CT molecular complexity index is 390. The molecule has 7 heteroatoms. The zero-order valence-corrected chi connectivity index (χ0v) is 11.5. The molecule has 0 saturated carbocycles. The number of anilines is 1. The van der Waals surface area contributed by atoms with E-state index in [9.17, 15) is 4.79 Å². The molecule has 106 valence electrons. The van der Waals surface area contributed by atoms with Crippen LogP contribution in [0.15, 0.2) is 6.07 Å². The first kappa shape index (κ1) is 15.0. The molecule has 0 radical (unpaired) electrons. The number of hydrogen-bond donors (Lipinski definition) is 2. The van der Waals surface area contributed by atoms with Crippen LogP contribution in [-0.2, 0) is 4.79 Å². The number of nitrogens with one attached hydrogen (secondary N) is 2. The lowest BCUT2D eigenvalue weighted by molar-refractivity contribution is -0.120. The number of ether oxygens (including phenoxy) is 2. The topological polar surface area (TPSA) is 85.4 Å². The van der Waals surface area contributed by atoms with Crippen LogP contribution in [0.5, 0.6) is 11.8 Å². The van der Waals surface area contributed by atoms with Crippen LogP contribution in [0, 0.1) is 0 Å². The smallest absolute Gasteiger partial charge is 0.229 e. The lowest BCUT2D eigenvalue weighted by Crippen LogP contribution is -2.26. The number of amides is 1. The van der Waals surface area contributed by atoms with Gasteiger partial charge in [-0.3, -0.25) is 4.79 Å². The highest BCUT2D eigenvalue weighted by molar-refractivity contribution is 5.76.